The van der Waals surface area contributed by atoms with Crippen LogP contribution in [0.5, 0.6) is 5.75 Å². The summed E-state index contributed by atoms with van der Waals surface area (Å²) in [6, 6.07) is 12.6. The van der Waals surface area contributed by atoms with E-state index in [9.17, 15) is 19.2 Å². The summed E-state index contributed by atoms with van der Waals surface area (Å²) in [6.07, 6.45) is -1.42. The first kappa shape index (κ1) is 26.2. The average Bonchev–Trinajstić information content (AvgIpc) is 2.74. The fourth-order valence-electron chi connectivity index (χ4n) is 2.62. The summed E-state index contributed by atoms with van der Waals surface area (Å²) >= 11 is 0. The zero-order valence-electron chi connectivity index (χ0n) is 19.6. The van der Waals surface area contributed by atoms with Crippen LogP contribution in [0.1, 0.15) is 44.5 Å². The second-order valence-corrected chi connectivity index (χ2v) is 8.04. The van der Waals surface area contributed by atoms with E-state index in [-0.39, 0.29) is 31.2 Å². The predicted octanol–water partition coefficient (Wildman–Crippen LogP) is 4.33. The quantitative estimate of drug-likeness (QED) is 0.386. The predicted molar refractivity (Wildman–Crippen MR) is 126 cm³/mol. The number of hydrogen-bond acceptors (Lipinski definition) is 7. The van der Waals surface area contributed by atoms with E-state index in [4.69, 9.17) is 14.2 Å². The van der Waals surface area contributed by atoms with Gasteiger partial charge in [0.05, 0.1) is 18.0 Å². The molecule has 10 nitrogen and oxygen atoms in total. The number of alkyl carbamates (subject to hydrolysis) is 1. The summed E-state index contributed by atoms with van der Waals surface area (Å²) in [6.45, 7) is 7.18. The van der Waals surface area contributed by atoms with E-state index in [1.54, 1.807) is 52.0 Å². The van der Waals surface area contributed by atoms with Crippen LogP contribution in [0.2, 0.25) is 0 Å². The zero-order valence-corrected chi connectivity index (χ0v) is 19.6. The topological polar surface area (TPSA) is 132 Å². The first-order valence-electron chi connectivity index (χ1n) is 10.7. The van der Waals surface area contributed by atoms with Gasteiger partial charge in [0.2, 0.25) is 5.91 Å². The lowest BCUT2D eigenvalue weighted by Gasteiger charge is -2.19. The van der Waals surface area contributed by atoms with Crippen LogP contribution >= 0.6 is 0 Å². The summed E-state index contributed by atoms with van der Waals surface area (Å²) < 4.78 is 14.8. The van der Waals surface area contributed by atoms with Gasteiger partial charge in [-0.3, -0.25) is 9.59 Å². The van der Waals surface area contributed by atoms with Crippen LogP contribution < -0.4 is 20.7 Å². The van der Waals surface area contributed by atoms with Gasteiger partial charge in [-0.15, -0.1) is 0 Å². The van der Waals surface area contributed by atoms with E-state index in [1.807, 2.05) is 0 Å². The lowest BCUT2D eigenvalue weighted by molar-refractivity contribution is -0.116. The van der Waals surface area contributed by atoms with Gasteiger partial charge in [-0.2, -0.15) is 0 Å². The number of anilines is 2. The van der Waals surface area contributed by atoms with E-state index in [0.29, 0.717) is 16.9 Å². The average molecular weight is 472 g/mol. The number of benzene rings is 2. The minimum absolute atomic E-state index is 0.0173. The van der Waals surface area contributed by atoms with Crippen LogP contribution in [-0.2, 0) is 14.3 Å². The van der Waals surface area contributed by atoms with Crippen molar-refractivity contribution in [1.29, 1.82) is 0 Å². The van der Waals surface area contributed by atoms with Gasteiger partial charge >= 0.3 is 12.2 Å². The Bertz CT molecular complexity index is 1010. The van der Waals surface area contributed by atoms with Crippen molar-refractivity contribution in [3.63, 3.8) is 0 Å². The number of hydrogen-bond donors (Lipinski definition) is 3. The molecule has 0 aliphatic heterocycles. The summed E-state index contributed by atoms with van der Waals surface area (Å²) in [5.41, 5.74) is 0.490. The van der Waals surface area contributed by atoms with Gasteiger partial charge in [-0.25, -0.2) is 9.59 Å². The first-order valence-corrected chi connectivity index (χ1v) is 10.7. The molecule has 182 valence electrons. The molecule has 0 fully saturated rings. The van der Waals surface area contributed by atoms with E-state index in [2.05, 4.69) is 16.0 Å². The highest BCUT2D eigenvalue weighted by atomic mass is 16.7. The molecule has 0 saturated heterocycles. The maximum absolute atomic E-state index is 12.6. The van der Waals surface area contributed by atoms with Crippen molar-refractivity contribution in [1.82, 2.24) is 5.32 Å². The third-order valence-electron chi connectivity index (χ3n) is 4.05. The Morgan fingerprint density at radius 1 is 0.882 bits per heavy atom. The van der Waals surface area contributed by atoms with E-state index < -0.39 is 23.8 Å². The minimum Gasteiger partial charge on any atom is -0.444 e. The molecule has 0 bridgehead atoms. The lowest BCUT2D eigenvalue weighted by Crippen LogP contribution is -2.34. The van der Waals surface area contributed by atoms with Gasteiger partial charge in [0, 0.05) is 18.5 Å². The molecule has 0 atom stereocenters. The maximum Gasteiger partial charge on any atom is 0.513 e. The summed E-state index contributed by atoms with van der Waals surface area (Å²) in [4.78, 5) is 48.0. The highest BCUT2D eigenvalue weighted by molar-refractivity contribution is 6.07. The number of carbonyl (C=O) groups excluding carboxylic acids is 4. The van der Waals surface area contributed by atoms with Crippen molar-refractivity contribution in [2.75, 3.05) is 23.8 Å². The van der Waals surface area contributed by atoms with Crippen LogP contribution in [0.15, 0.2) is 48.5 Å². The van der Waals surface area contributed by atoms with Crippen molar-refractivity contribution in [2.24, 2.45) is 0 Å². The molecule has 2 aromatic carbocycles. The van der Waals surface area contributed by atoms with Gasteiger partial charge in [0.1, 0.15) is 11.4 Å². The molecule has 0 aliphatic rings. The molecular formula is C24H29N3O7. The number of rotatable bonds is 8. The maximum atomic E-state index is 12.6. The Hall–Kier alpha value is -4.08. The van der Waals surface area contributed by atoms with Crippen LogP contribution in [-0.4, -0.2) is 42.8 Å². The molecule has 0 spiro atoms. The first-order chi connectivity index (χ1) is 16.1. The third-order valence-corrected chi connectivity index (χ3v) is 4.05. The molecule has 3 N–H and O–H groups in total. The van der Waals surface area contributed by atoms with Crippen LogP contribution in [0.4, 0.5) is 21.0 Å². The Morgan fingerprint density at radius 3 is 2.09 bits per heavy atom. The summed E-state index contributed by atoms with van der Waals surface area (Å²) in [5, 5.41) is 7.97. The molecule has 0 aromatic heterocycles. The molecule has 34 heavy (non-hydrogen) atoms. The largest absolute Gasteiger partial charge is 0.513 e. The van der Waals surface area contributed by atoms with Crippen molar-refractivity contribution in [3.05, 3.63) is 54.1 Å². The van der Waals surface area contributed by atoms with Crippen LogP contribution in [0.3, 0.4) is 0 Å². The molecule has 0 saturated carbocycles. The highest BCUT2D eigenvalue weighted by Gasteiger charge is 2.16. The number of carbonyl (C=O) groups is 4. The Morgan fingerprint density at radius 2 is 1.50 bits per heavy atom. The van der Waals surface area contributed by atoms with Crippen molar-refractivity contribution in [2.45, 2.75) is 39.7 Å². The number of ether oxygens (including phenoxy) is 3. The van der Waals surface area contributed by atoms with E-state index in [0.717, 1.165) is 0 Å². The van der Waals surface area contributed by atoms with Crippen LogP contribution in [0.25, 0.3) is 0 Å². The number of nitrogens with one attached hydrogen (secondary N) is 3. The lowest BCUT2D eigenvalue weighted by atomic mass is 10.2. The molecular weight excluding hydrogens is 442 g/mol. The van der Waals surface area contributed by atoms with Gasteiger partial charge in [0.15, 0.2) is 0 Å². The molecule has 0 unspecified atom stereocenters. The summed E-state index contributed by atoms with van der Waals surface area (Å²) in [5.74, 6) is -0.531. The van der Waals surface area contributed by atoms with Gasteiger partial charge in [-0.1, -0.05) is 12.1 Å². The summed E-state index contributed by atoms with van der Waals surface area (Å²) in [7, 11) is 0. The molecule has 2 rings (SSSR count). The van der Waals surface area contributed by atoms with E-state index in [1.165, 1.54) is 24.3 Å². The van der Waals surface area contributed by atoms with Crippen molar-refractivity contribution >= 4 is 35.4 Å². The van der Waals surface area contributed by atoms with Crippen molar-refractivity contribution in [3.8, 4) is 5.75 Å². The molecule has 0 heterocycles. The monoisotopic (exact) mass is 471 g/mol. The fraction of sp³-hybridized carbons (Fsp3) is 0.333. The van der Waals surface area contributed by atoms with Gasteiger partial charge in [-0.05, 0) is 64.1 Å². The second kappa shape index (κ2) is 12.2. The fourth-order valence-corrected chi connectivity index (χ4v) is 2.62. The third kappa shape index (κ3) is 9.19. The minimum atomic E-state index is -0.828. The Kier molecular flexibility index (Phi) is 9.42. The molecule has 3 amide bonds. The van der Waals surface area contributed by atoms with Crippen LogP contribution in [0, 0.1) is 0 Å². The number of amides is 3. The smallest absolute Gasteiger partial charge is 0.444 e. The number of para-hydroxylation sites is 2. The SMILES string of the molecule is CCOC(=O)Oc1ccc(C(=O)Nc2ccccc2NC(=O)CCNC(=O)OC(C)(C)C)cc1. The zero-order chi connectivity index (χ0) is 25.1. The molecule has 10 heteroatoms. The van der Waals surface area contributed by atoms with Gasteiger partial charge < -0.3 is 30.2 Å². The molecule has 0 aliphatic carbocycles. The second-order valence-electron chi connectivity index (χ2n) is 8.04. The van der Waals surface area contributed by atoms with Gasteiger partial charge in [0.25, 0.3) is 5.91 Å². The Labute approximate surface area is 198 Å². The Balaban J connectivity index is 1.92. The normalized spacial score (nSPS) is 10.6. The van der Waals surface area contributed by atoms with Crippen molar-refractivity contribution < 1.29 is 33.4 Å². The molecule has 0 radical (unpaired) electrons. The standard InChI is InChI=1S/C24H29N3O7/c1-5-32-23(31)33-17-12-10-16(11-13-17)21(29)27-19-9-7-6-8-18(19)26-20(28)14-15-25-22(30)34-24(2,3)4/h6-13H,5,14-15H2,1-4H3,(H,25,30)(H,26,28)(H,27,29). The van der Waals surface area contributed by atoms with E-state index >= 15 is 0 Å². The molecule has 2 aromatic rings. The highest BCUT2D eigenvalue weighted by Crippen LogP contribution is 2.22.